The van der Waals surface area contributed by atoms with Gasteiger partial charge in [-0.2, -0.15) is 0 Å². The molecule has 0 saturated carbocycles. The van der Waals surface area contributed by atoms with Crippen LogP contribution >= 0.6 is 0 Å². The van der Waals surface area contributed by atoms with Crippen LogP contribution < -0.4 is 14.8 Å². The summed E-state index contributed by atoms with van der Waals surface area (Å²) in [5, 5.41) is 3.04. The van der Waals surface area contributed by atoms with Gasteiger partial charge in [0.25, 0.3) is 5.91 Å². The second-order valence-corrected chi connectivity index (χ2v) is 8.18. The molecule has 0 aromatic heterocycles. The second kappa shape index (κ2) is 9.49. The minimum absolute atomic E-state index is 0.116. The van der Waals surface area contributed by atoms with Gasteiger partial charge in [-0.25, -0.2) is 0 Å². The number of fused-ring (bicyclic) bond motifs is 1. The van der Waals surface area contributed by atoms with E-state index >= 15 is 0 Å². The van der Waals surface area contributed by atoms with E-state index in [2.05, 4.69) is 52.5 Å². The molecule has 0 spiro atoms. The number of carbonyl (C=O) groups is 1. The summed E-state index contributed by atoms with van der Waals surface area (Å²) in [5.74, 6) is 1.20. The van der Waals surface area contributed by atoms with Gasteiger partial charge >= 0.3 is 0 Å². The number of rotatable bonds is 6. The Balaban J connectivity index is 1.27. The van der Waals surface area contributed by atoms with Crippen LogP contribution in [0.2, 0.25) is 0 Å². The fourth-order valence-corrected chi connectivity index (χ4v) is 4.22. The molecule has 2 aliphatic heterocycles. The van der Waals surface area contributed by atoms with Gasteiger partial charge < -0.3 is 19.7 Å². The van der Waals surface area contributed by atoms with Crippen LogP contribution in [0.15, 0.2) is 54.6 Å². The van der Waals surface area contributed by atoms with E-state index in [-0.39, 0.29) is 12.0 Å². The Kier molecular flexibility index (Phi) is 6.55. The summed E-state index contributed by atoms with van der Waals surface area (Å²) in [4.78, 5) is 17.6. The molecule has 3 unspecified atom stereocenters. The molecule has 2 heterocycles. The van der Waals surface area contributed by atoms with Crippen LogP contribution in [0.4, 0.5) is 0 Å². The molecule has 2 aliphatic rings. The Morgan fingerprint density at radius 3 is 2.50 bits per heavy atom. The number of hydrogen-bond acceptors (Lipinski definition) is 5. The van der Waals surface area contributed by atoms with Crippen molar-refractivity contribution < 1.29 is 14.3 Å². The summed E-state index contributed by atoms with van der Waals surface area (Å²) in [6, 6.07) is 18.6. The van der Waals surface area contributed by atoms with Crippen molar-refractivity contribution in [2.75, 3.05) is 39.8 Å². The lowest BCUT2D eigenvalue weighted by Crippen LogP contribution is -2.50. The highest BCUT2D eigenvalue weighted by Crippen LogP contribution is 2.33. The molecule has 2 aromatic rings. The monoisotopic (exact) mass is 409 g/mol. The minimum Gasteiger partial charge on any atom is -0.482 e. The topological polar surface area (TPSA) is 54.0 Å². The molecule has 6 nitrogen and oxygen atoms in total. The SMILES string of the molecule is CC1Oc2ccccc2OC1C(=O)NCCCN1CCN(C)CC1c1ccccc1. The molecular formula is C24H31N3O3. The maximum Gasteiger partial charge on any atom is 0.265 e. The highest BCUT2D eigenvalue weighted by molar-refractivity contribution is 5.82. The molecule has 0 bridgehead atoms. The predicted octanol–water partition coefficient (Wildman–Crippen LogP) is 2.71. The third kappa shape index (κ3) is 4.77. The second-order valence-electron chi connectivity index (χ2n) is 8.18. The lowest BCUT2D eigenvalue weighted by atomic mass is 10.0. The summed E-state index contributed by atoms with van der Waals surface area (Å²) in [5.41, 5.74) is 1.35. The Hall–Kier alpha value is -2.57. The molecule has 160 valence electrons. The first-order chi connectivity index (χ1) is 14.6. The maximum absolute atomic E-state index is 12.7. The molecular weight excluding hydrogens is 378 g/mol. The Labute approximate surface area is 178 Å². The number of hydrogen-bond donors (Lipinski definition) is 1. The fourth-order valence-electron chi connectivity index (χ4n) is 4.22. The highest BCUT2D eigenvalue weighted by atomic mass is 16.6. The van der Waals surface area contributed by atoms with Crippen LogP contribution in [0.3, 0.4) is 0 Å². The van der Waals surface area contributed by atoms with E-state index in [9.17, 15) is 4.79 Å². The van der Waals surface area contributed by atoms with Gasteiger partial charge in [-0.1, -0.05) is 42.5 Å². The number of para-hydroxylation sites is 2. The molecule has 1 N–H and O–H groups in total. The number of carbonyl (C=O) groups excluding carboxylic acids is 1. The number of nitrogens with zero attached hydrogens (tertiary/aromatic N) is 2. The summed E-state index contributed by atoms with van der Waals surface area (Å²) >= 11 is 0. The van der Waals surface area contributed by atoms with E-state index in [4.69, 9.17) is 9.47 Å². The molecule has 0 radical (unpaired) electrons. The molecule has 1 amide bonds. The van der Waals surface area contributed by atoms with E-state index < -0.39 is 6.10 Å². The summed E-state index contributed by atoms with van der Waals surface area (Å²) < 4.78 is 11.7. The maximum atomic E-state index is 12.7. The first-order valence-electron chi connectivity index (χ1n) is 10.8. The van der Waals surface area contributed by atoms with E-state index in [0.29, 0.717) is 24.1 Å². The lowest BCUT2D eigenvalue weighted by molar-refractivity contribution is -0.133. The Bertz CT molecular complexity index is 845. The van der Waals surface area contributed by atoms with Gasteiger partial charge in [-0.15, -0.1) is 0 Å². The molecule has 6 heteroatoms. The minimum atomic E-state index is -0.624. The van der Waals surface area contributed by atoms with Crippen LogP contribution in [0.25, 0.3) is 0 Å². The fraction of sp³-hybridized carbons (Fsp3) is 0.458. The van der Waals surface area contributed by atoms with Crippen molar-refractivity contribution in [2.24, 2.45) is 0 Å². The average molecular weight is 410 g/mol. The van der Waals surface area contributed by atoms with Crippen LogP contribution in [-0.4, -0.2) is 67.7 Å². The number of amides is 1. The Morgan fingerprint density at radius 2 is 1.73 bits per heavy atom. The van der Waals surface area contributed by atoms with Crippen molar-refractivity contribution in [1.82, 2.24) is 15.1 Å². The molecule has 1 fully saturated rings. The van der Waals surface area contributed by atoms with Crippen molar-refractivity contribution >= 4 is 5.91 Å². The van der Waals surface area contributed by atoms with Crippen molar-refractivity contribution in [1.29, 1.82) is 0 Å². The number of piperazine rings is 1. The van der Waals surface area contributed by atoms with Gasteiger partial charge in [-0.3, -0.25) is 9.69 Å². The van der Waals surface area contributed by atoms with Gasteiger partial charge in [-0.05, 0) is 38.1 Å². The average Bonchev–Trinajstić information content (AvgIpc) is 2.77. The molecule has 2 aromatic carbocycles. The van der Waals surface area contributed by atoms with Gasteiger partial charge in [0.1, 0.15) is 6.10 Å². The highest BCUT2D eigenvalue weighted by Gasteiger charge is 2.34. The zero-order chi connectivity index (χ0) is 20.9. The number of ether oxygens (including phenoxy) is 2. The van der Waals surface area contributed by atoms with Crippen LogP contribution in [-0.2, 0) is 4.79 Å². The first kappa shape index (κ1) is 20.7. The van der Waals surface area contributed by atoms with Gasteiger partial charge in [0.15, 0.2) is 11.5 Å². The first-order valence-corrected chi connectivity index (χ1v) is 10.8. The zero-order valence-corrected chi connectivity index (χ0v) is 17.8. The smallest absolute Gasteiger partial charge is 0.265 e. The van der Waals surface area contributed by atoms with Crippen molar-refractivity contribution in [3.05, 3.63) is 60.2 Å². The van der Waals surface area contributed by atoms with Gasteiger partial charge in [0.2, 0.25) is 6.10 Å². The van der Waals surface area contributed by atoms with E-state index in [1.165, 1.54) is 5.56 Å². The van der Waals surface area contributed by atoms with E-state index in [0.717, 1.165) is 32.6 Å². The van der Waals surface area contributed by atoms with Crippen LogP contribution in [0.1, 0.15) is 24.9 Å². The Morgan fingerprint density at radius 1 is 1.03 bits per heavy atom. The number of nitrogens with one attached hydrogen (secondary N) is 1. The van der Waals surface area contributed by atoms with Gasteiger partial charge in [0, 0.05) is 38.8 Å². The number of likely N-dealkylation sites (N-methyl/N-ethyl adjacent to an activating group) is 1. The third-order valence-corrected chi connectivity index (χ3v) is 5.90. The van der Waals surface area contributed by atoms with Crippen LogP contribution in [0.5, 0.6) is 11.5 Å². The largest absolute Gasteiger partial charge is 0.482 e. The summed E-state index contributed by atoms with van der Waals surface area (Å²) in [6.07, 6.45) is -0.0438. The van der Waals surface area contributed by atoms with Gasteiger partial charge in [0.05, 0.1) is 0 Å². The van der Waals surface area contributed by atoms with Crippen molar-refractivity contribution in [3.8, 4) is 11.5 Å². The van der Waals surface area contributed by atoms with Crippen molar-refractivity contribution in [2.45, 2.75) is 31.6 Å². The standard InChI is InChI=1S/C24H31N3O3/c1-18-23(30-22-12-7-6-11-21(22)29-18)24(28)25-13-8-14-27-16-15-26(2)17-20(27)19-9-4-3-5-10-19/h3-7,9-12,18,20,23H,8,13-17H2,1-2H3,(H,25,28). The lowest BCUT2D eigenvalue weighted by Gasteiger charge is -2.40. The molecule has 0 aliphatic carbocycles. The van der Waals surface area contributed by atoms with E-state index in [1.807, 2.05) is 31.2 Å². The molecule has 1 saturated heterocycles. The predicted molar refractivity (Wildman–Crippen MR) is 117 cm³/mol. The van der Waals surface area contributed by atoms with E-state index in [1.54, 1.807) is 0 Å². The van der Waals surface area contributed by atoms with Crippen LogP contribution in [0, 0.1) is 0 Å². The molecule has 30 heavy (non-hydrogen) atoms. The molecule has 4 rings (SSSR count). The molecule has 3 atom stereocenters. The van der Waals surface area contributed by atoms with Crippen molar-refractivity contribution in [3.63, 3.8) is 0 Å². The quantitative estimate of drug-likeness (QED) is 0.744. The summed E-state index contributed by atoms with van der Waals surface area (Å²) in [6.45, 7) is 6.59. The normalized spacial score (nSPS) is 24.4. The number of benzene rings is 2. The third-order valence-electron chi connectivity index (χ3n) is 5.90. The summed E-state index contributed by atoms with van der Waals surface area (Å²) in [7, 11) is 2.18. The zero-order valence-electron chi connectivity index (χ0n) is 17.8.